The number of nitrogens with zero attached hydrogens (tertiary/aromatic N) is 2. The molecule has 0 radical (unpaired) electrons. The van der Waals surface area contributed by atoms with Crippen LogP contribution in [0, 0.1) is 0 Å². The van der Waals surface area contributed by atoms with Crippen LogP contribution >= 0.6 is 0 Å². The van der Waals surface area contributed by atoms with Crippen LogP contribution in [0.5, 0.6) is 0 Å². The van der Waals surface area contributed by atoms with Crippen molar-refractivity contribution in [2.45, 2.75) is 31.6 Å². The number of aromatic nitrogens is 2. The van der Waals surface area contributed by atoms with Crippen LogP contribution < -0.4 is 0 Å². The second kappa shape index (κ2) is 8.47. The zero-order valence-corrected chi connectivity index (χ0v) is 22.1. The summed E-state index contributed by atoms with van der Waals surface area (Å²) in [5.41, 5.74) is 10.4. The van der Waals surface area contributed by atoms with Gasteiger partial charge in [-0.3, -0.25) is 0 Å². The Kier molecular flexibility index (Phi) is 4.87. The number of hydrogen-bond donors (Lipinski definition) is 0. The molecule has 0 amide bonds. The van der Waals surface area contributed by atoms with Gasteiger partial charge >= 0.3 is 0 Å². The van der Waals surface area contributed by atoms with Crippen LogP contribution in [0.15, 0.2) is 121 Å². The molecule has 2 aromatic heterocycles. The first-order valence-corrected chi connectivity index (χ1v) is 14.0. The van der Waals surface area contributed by atoms with E-state index in [1.807, 2.05) is 0 Å². The van der Waals surface area contributed by atoms with Crippen molar-refractivity contribution in [1.29, 1.82) is 0 Å². The number of para-hydroxylation sites is 3. The highest BCUT2D eigenvalue weighted by atomic mass is 15.0. The molecule has 39 heavy (non-hydrogen) atoms. The lowest BCUT2D eigenvalue weighted by molar-refractivity contribution is 0.599. The number of allylic oxidation sites excluding steroid dienone is 5. The van der Waals surface area contributed by atoms with Crippen LogP contribution in [0.3, 0.4) is 0 Å². The van der Waals surface area contributed by atoms with Gasteiger partial charge in [0, 0.05) is 44.2 Å². The molecule has 0 spiro atoms. The van der Waals surface area contributed by atoms with Gasteiger partial charge in [-0.2, -0.15) is 0 Å². The van der Waals surface area contributed by atoms with Crippen molar-refractivity contribution in [2.75, 3.05) is 0 Å². The Labute approximate surface area is 228 Å². The van der Waals surface area contributed by atoms with Gasteiger partial charge in [0.1, 0.15) is 0 Å². The molecule has 0 saturated carbocycles. The first-order valence-electron chi connectivity index (χ1n) is 14.0. The van der Waals surface area contributed by atoms with E-state index >= 15 is 0 Å². The molecule has 0 saturated heterocycles. The van der Waals surface area contributed by atoms with Gasteiger partial charge in [0.25, 0.3) is 0 Å². The molecule has 0 fully saturated rings. The van der Waals surface area contributed by atoms with Crippen LogP contribution in [0.2, 0.25) is 0 Å². The molecule has 1 atom stereocenters. The molecule has 2 heterocycles. The number of rotatable bonds is 3. The number of fused-ring (bicyclic) bond motifs is 6. The van der Waals surface area contributed by atoms with Crippen LogP contribution in [0.1, 0.15) is 36.6 Å². The molecule has 0 bridgehead atoms. The van der Waals surface area contributed by atoms with Gasteiger partial charge < -0.3 is 9.13 Å². The summed E-state index contributed by atoms with van der Waals surface area (Å²) in [6.45, 7) is 2.36. The van der Waals surface area contributed by atoms with Crippen molar-refractivity contribution in [3.63, 3.8) is 0 Å². The van der Waals surface area contributed by atoms with E-state index in [1.165, 1.54) is 60.9 Å². The molecule has 0 aliphatic heterocycles. The Morgan fingerprint density at radius 3 is 1.90 bits per heavy atom. The van der Waals surface area contributed by atoms with Gasteiger partial charge in [-0.15, -0.1) is 0 Å². The van der Waals surface area contributed by atoms with E-state index in [2.05, 4.69) is 143 Å². The maximum Gasteiger partial charge on any atom is 0.0541 e. The molecule has 6 aromatic rings. The molecule has 4 aromatic carbocycles. The monoisotopic (exact) mass is 502 g/mol. The molecule has 0 N–H and O–H groups in total. The quantitative estimate of drug-likeness (QED) is 0.228. The van der Waals surface area contributed by atoms with Crippen molar-refractivity contribution < 1.29 is 0 Å². The molecule has 2 nitrogen and oxygen atoms in total. The molecule has 188 valence electrons. The van der Waals surface area contributed by atoms with Gasteiger partial charge in [-0.25, -0.2) is 0 Å². The van der Waals surface area contributed by atoms with Crippen molar-refractivity contribution >= 4 is 44.5 Å². The summed E-state index contributed by atoms with van der Waals surface area (Å²) < 4.78 is 4.88. The zero-order valence-electron chi connectivity index (χ0n) is 22.1. The van der Waals surface area contributed by atoms with Gasteiger partial charge in [-0.1, -0.05) is 98.0 Å². The number of benzene rings is 4. The normalized spacial score (nSPS) is 18.6. The highest BCUT2D eigenvalue weighted by Gasteiger charge is 2.27. The second-order valence-corrected chi connectivity index (χ2v) is 11.2. The lowest BCUT2D eigenvalue weighted by Crippen LogP contribution is -2.21. The molecule has 2 aliphatic rings. The summed E-state index contributed by atoms with van der Waals surface area (Å²) in [5.74, 6) is 0. The molecular formula is C37H30N2. The van der Waals surface area contributed by atoms with Crippen LogP contribution in [-0.4, -0.2) is 9.13 Å². The molecule has 1 unspecified atom stereocenters. The fraction of sp³-hybridized carbons (Fsp3) is 0.135. The third-order valence-electron chi connectivity index (χ3n) is 8.83. The average Bonchev–Trinajstić information content (AvgIpc) is 3.51. The highest BCUT2D eigenvalue weighted by molar-refractivity contribution is 6.09. The second-order valence-electron chi connectivity index (χ2n) is 11.2. The van der Waals surface area contributed by atoms with Gasteiger partial charge in [0.2, 0.25) is 0 Å². The van der Waals surface area contributed by atoms with Crippen molar-refractivity contribution in [1.82, 2.24) is 9.13 Å². The van der Waals surface area contributed by atoms with Crippen molar-refractivity contribution in [2.24, 2.45) is 0 Å². The van der Waals surface area contributed by atoms with E-state index in [9.17, 15) is 0 Å². The smallest absolute Gasteiger partial charge is 0.0541 e. The minimum absolute atomic E-state index is 0.0359. The Morgan fingerprint density at radius 2 is 1.26 bits per heavy atom. The maximum atomic E-state index is 2.50. The lowest BCUT2D eigenvalue weighted by Gasteiger charge is -2.30. The van der Waals surface area contributed by atoms with E-state index in [0.29, 0.717) is 0 Å². The topological polar surface area (TPSA) is 9.86 Å². The van der Waals surface area contributed by atoms with E-state index in [-0.39, 0.29) is 5.41 Å². The van der Waals surface area contributed by atoms with E-state index < -0.39 is 0 Å². The van der Waals surface area contributed by atoms with E-state index in [0.717, 1.165) is 19.3 Å². The van der Waals surface area contributed by atoms with Crippen molar-refractivity contribution in [3.05, 3.63) is 138 Å². The highest BCUT2D eigenvalue weighted by Crippen LogP contribution is 2.40. The van der Waals surface area contributed by atoms with Crippen LogP contribution in [0.25, 0.3) is 50.2 Å². The fourth-order valence-electron chi connectivity index (χ4n) is 6.76. The standard InChI is InChI=1S/C37H30N2/c1-37(24-22-28(23-25-37)39-35-16-8-4-12-31(35)32-13-5-9-17-36(32)39)26-18-20-27(21-19-26)38-33-14-6-2-10-29(33)30-11-3-7-15-34(30)38/h2-8,10-16,18-24H,9,17,25H2,1H3. The molecule has 2 aliphatic carbocycles. The largest absolute Gasteiger partial charge is 0.313 e. The van der Waals surface area contributed by atoms with Gasteiger partial charge in [0.15, 0.2) is 0 Å². The SMILES string of the molecule is CC1(c2ccc(-n3c4ccccc4c4ccccc43)cc2)C=CC(n2c3c(c4ccccc42)C=CCC3)=CC1. The summed E-state index contributed by atoms with van der Waals surface area (Å²) >= 11 is 0. The first-order chi connectivity index (χ1) is 19.2. The molecular weight excluding hydrogens is 472 g/mol. The predicted octanol–water partition coefficient (Wildman–Crippen LogP) is 9.46. The van der Waals surface area contributed by atoms with E-state index in [4.69, 9.17) is 0 Å². The Morgan fingerprint density at radius 1 is 0.641 bits per heavy atom. The zero-order chi connectivity index (χ0) is 26.0. The first kappa shape index (κ1) is 22.4. The van der Waals surface area contributed by atoms with Gasteiger partial charge in [0.05, 0.1) is 16.6 Å². The summed E-state index contributed by atoms with van der Waals surface area (Å²) in [7, 11) is 0. The minimum Gasteiger partial charge on any atom is -0.313 e. The third kappa shape index (κ3) is 3.34. The summed E-state index contributed by atoms with van der Waals surface area (Å²) in [4.78, 5) is 0. The Bertz CT molecular complexity index is 1940. The average molecular weight is 503 g/mol. The Hall–Kier alpha value is -4.56. The summed E-state index contributed by atoms with van der Waals surface area (Å²) in [6, 6.07) is 35.5. The minimum atomic E-state index is -0.0359. The summed E-state index contributed by atoms with van der Waals surface area (Å²) in [6.07, 6.45) is 15.0. The predicted molar refractivity (Wildman–Crippen MR) is 165 cm³/mol. The Balaban J connectivity index is 1.15. The molecule has 2 heteroatoms. The van der Waals surface area contributed by atoms with Crippen LogP contribution in [-0.2, 0) is 11.8 Å². The van der Waals surface area contributed by atoms with Gasteiger partial charge in [-0.05, 0) is 61.2 Å². The lowest BCUT2D eigenvalue weighted by atomic mass is 9.77. The fourth-order valence-corrected chi connectivity index (χ4v) is 6.76. The molecule has 8 rings (SSSR count). The van der Waals surface area contributed by atoms with E-state index in [1.54, 1.807) is 0 Å². The maximum absolute atomic E-state index is 2.50. The third-order valence-corrected chi connectivity index (χ3v) is 8.83. The van der Waals surface area contributed by atoms with Crippen molar-refractivity contribution in [3.8, 4) is 5.69 Å². The van der Waals surface area contributed by atoms with Crippen LogP contribution in [0.4, 0.5) is 0 Å². The number of hydrogen-bond acceptors (Lipinski definition) is 0. The summed E-state index contributed by atoms with van der Waals surface area (Å²) in [5, 5.41) is 3.95.